The van der Waals surface area contributed by atoms with Crippen LogP contribution in [0, 0.1) is 0 Å². The molecule has 0 aliphatic heterocycles. The van der Waals surface area contributed by atoms with Gasteiger partial charge in [0.25, 0.3) is 0 Å². The Kier molecular flexibility index (Phi) is 3.29. The zero-order valence-corrected chi connectivity index (χ0v) is 11.3. The lowest BCUT2D eigenvalue weighted by Gasteiger charge is -2.07. The summed E-state index contributed by atoms with van der Waals surface area (Å²) >= 11 is 0. The van der Waals surface area contributed by atoms with Crippen LogP contribution in [0.3, 0.4) is 0 Å². The first-order valence-corrected chi connectivity index (χ1v) is 6.67. The number of nitrogens with one attached hydrogen (secondary N) is 1. The molecule has 0 unspecified atom stereocenters. The van der Waals surface area contributed by atoms with E-state index in [4.69, 9.17) is 4.74 Å². The smallest absolute Gasteiger partial charge is 0.326 e. The lowest BCUT2D eigenvalue weighted by Crippen LogP contribution is -2.14. The van der Waals surface area contributed by atoms with Crippen molar-refractivity contribution in [3.05, 3.63) is 64.6 Å². The molecular formula is C16H16N2O2. The quantitative estimate of drug-likeness (QED) is 0.790. The third-order valence-corrected chi connectivity index (χ3v) is 3.31. The predicted octanol–water partition coefficient (Wildman–Crippen LogP) is 2.93. The summed E-state index contributed by atoms with van der Waals surface area (Å²) in [6, 6.07) is 15.7. The van der Waals surface area contributed by atoms with Crippen molar-refractivity contribution < 1.29 is 4.74 Å². The largest absolute Gasteiger partial charge is 0.489 e. The standard InChI is InChI=1S/C16H16N2O2/c1-2-18-15-10-13(8-9-14(15)17-16(18)19)20-11-12-6-4-3-5-7-12/h3-10H,2,11H2,1H3,(H,17,19). The van der Waals surface area contributed by atoms with Crippen LogP contribution in [0.1, 0.15) is 12.5 Å². The van der Waals surface area contributed by atoms with Gasteiger partial charge in [0, 0.05) is 12.6 Å². The molecule has 0 fully saturated rings. The highest BCUT2D eigenvalue weighted by molar-refractivity contribution is 5.76. The fourth-order valence-electron chi connectivity index (χ4n) is 2.28. The van der Waals surface area contributed by atoms with Gasteiger partial charge in [0.05, 0.1) is 11.0 Å². The lowest BCUT2D eigenvalue weighted by atomic mass is 10.2. The maximum absolute atomic E-state index is 11.7. The van der Waals surface area contributed by atoms with E-state index < -0.39 is 0 Å². The van der Waals surface area contributed by atoms with Gasteiger partial charge in [-0.25, -0.2) is 4.79 Å². The first-order chi connectivity index (χ1) is 9.78. The molecule has 1 N–H and O–H groups in total. The van der Waals surface area contributed by atoms with Crippen LogP contribution in [0.5, 0.6) is 5.75 Å². The Morgan fingerprint density at radius 2 is 1.95 bits per heavy atom. The van der Waals surface area contributed by atoms with E-state index in [0.717, 1.165) is 22.3 Å². The van der Waals surface area contributed by atoms with E-state index in [0.29, 0.717) is 13.2 Å². The summed E-state index contributed by atoms with van der Waals surface area (Å²) in [6.45, 7) is 3.11. The molecule has 4 nitrogen and oxygen atoms in total. The highest BCUT2D eigenvalue weighted by Crippen LogP contribution is 2.19. The topological polar surface area (TPSA) is 47.0 Å². The minimum absolute atomic E-state index is 0.0808. The van der Waals surface area contributed by atoms with Gasteiger partial charge in [0.15, 0.2) is 0 Å². The lowest BCUT2D eigenvalue weighted by molar-refractivity contribution is 0.306. The molecule has 3 aromatic rings. The minimum atomic E-state index is -0.0808. The Morgan fingerprint density at radius 3 is 2.70 bits per heavy atom. The van der Waals surface area contributed by atoms with Crippen LogP contribution in [0.15, 0.2) is 53.3 Å². The second kappa shape index (κ2) is 5.25. The first-order valence-electron chi connectivity index (χ1n) is 6.67. The summed E-state index contributed by atoms with van der Waals surface area (Å²) in [5, 5.41) is 0. The predicted molar refractivity (Wildman–Crippen MR) is 79.0 cm³/mol. The number of hydrogen-bond acceptors (Lipinski definition) is 2. The van der Waals surface area contributed by atoms with E-state index in [1.54, 1.807) is 4.57 Å². The molecule has 0 amide bonds. The van der Waals surface area contributed by atoms with Crippen LogP contribution < -0.4 is 10.4 Å². The van der Waals surface area contributed by atoms with Crippen LogP contribution in [-0.4, -0.2) is 9.55 Å². The molecule has 0 aliphatic rings. The van der Waals surface area contributed by atoms with Crippen molar-refractivity contribution >= 4 is 11.0 Å². The van der Waals surface area contributed by atoms with Gasteiger partial charge in [0.2, 0.25) is 0 Å². The third-order valence-electron chi connectivity index (χ3n) is 3.31. The van der Waals surface area contributed by atoms with Crippen molar-refractivity contribution in [2.75, 3.05) is 0 Å². The fraction of sp³-hybridized carbons (Fsp3) is 0.188. The number of H-pyrrole nitrogens is 1. The fourth-order valence-corrected chi connectivity index (χ4v) is 2.28. The Balaban J connectivity index is 1.87. The molecule has 1 aromatic heterocycles. The molecule has 20 heavy (non-hydrogen) atoms. The number of nitrogens with zero attached hydrogens (tertiary/aromatic N) is 1. The van der Waals surface area contributed by atoms with E-state index in [-0.39, 0.29) is 5.69 Å². The average molecular weight is 268 g/mol. The molecule has 0 atom stereocenters. The van der Waals surface area contributed by atoms with Gasteiger partial charge in [-0.3, -0.25) is 4.57 Å². The van der Waals surface area contributed by atoms with Gasteiger partial charge in [-0.2, -0.15) is 0 Å². The second-order valence-electron chi connectivity index (χ2n) is 4.63. The summed E-state index contributed by atoms with van der Waals surface area (Å²) in [5.74, 6) is 0.766. The van der Waals surface area contributed by atoms with E-state index in [1.807, 2.05) is 55.5 Å². The molecule has 4 heteroatoms. The van der Waals surface area contributed by atoms with Crippen molar-refractivity contribution in [1.29, 1.82) is 0 Å². The van der Waals surface area contributed by atoms with Crippen molar-refractivity contribution in [2.45, 2.75) is 20.1 Å². The Morgan fingerprint density at radius 1 is 1.15 bits per heavy atom. The molecule has 102 valence electrons. The number of aryl methyl sites for hydroxylation is 1. The zero-order chi connectivity index (χ0) is 13.9. The van der Waals surface area contributed by atoms with Gasteiger partial charge in [-0.15, -0.1) is 0 Å². The highest BCUT2D eigenvalue weighted by Gasteiger charge is 2.06. The Hall–Kier alpha value is -2.49. The molecule has 1 heterocycles. The molecule has 0 saturated carbocycles. The number of imidazole rings is 1. The van der Waals surface area contributed by atoms with Crippen molar-refractivity contribution in [1.82, 2.24) is 9.55 Å². The number of aromatic amines is 1. The van der Waals surface area contributed by atoms with Gasteiger partial charge in [-0.05, 0) is 24.6 Å². The van der Waals surface area contributed by atoms with Crippen molar-refractivity contribution in [3.8, 4) is 5.75 Å². The van der Waals surface area contributed by atoms with Gasteiger partial charge < -0.3 is 9.72 Å². The number of ether oxygens (including phenoxy) is 1. The molecule has 0 spiro atoms. The van der Waals surface area contributed by atoms with E-state index in [9.17, 15) is 4.79 Å². The molecule has 2 aromatic carbocycles. The molecule has 0 radical (unpaired) electrons. The molecule has 0 saturated heterocycles. The number of aromatic nitrogens is 2. The normalized spacial score (nSPS) is 10.8. The molecule has 0 aliphatic carbocycles. The third kappa shape index (κ3) is 2.32. The van der Waals surface area contributed by atoms with Crippen LogP contribution >= 0.6 is 0 Å². The SMILES string of the molecule is CCn1c(=O)[nH]c2ccc(OCc3ccccc3)cc21. The number of fused-ring (bicyclic) bond motifs is 1. The number of benzene rings is 2. The van der Waals surface area contributed by atoms with Crippen molar-refractivity contribution in [3.63, 3.8) is 0 Å². The highest BCUT2D eigenvalue weighted by atomic mass is 16.5. The van der Waals surface area contributed by atoms with Crippen LogP contribution in [0.2, 0.25) is 0 Å². The van der Waals surface area contributed by atoms with Crippen molar-refractivity contribution in [2.24, 2.45) is 0 Å². The van der Waals surface area contributed by atoms with Crippen LogP contribution in [0.4, 0.5) is 0 Å². The summed E-state index contributed by atoms with van der Waals surface area (Å²) < 4.78 is 7.48. The summed E-state index contributed by atoms with van der Waals surface area (Å²) in [5.41, 5.74) is 2.75. The minimum Gasteiger partial charge on any atom is -0.489 e. The molecule has 0 bridgehead atoms. The molecule has 3 rings (SSSR count). The van der Waals surface area contributed by atoms with E-state index in [2.05, 4.69) is 4.98 Å². The summed E-state index contributed by atoms with van der Waals surface area (Å²) in [4.78, 5) is 14.6. The van der Waals surface area contributed by atoms with E-state index in [1.165, 1.54) is 0 Å². The van der Waals surface area contributed by atoms with Gasteiger partial charge in [0.1, 0.15) is 12.4 Å². The average Bonchev–Trinajstić information content (AvgIpc) is 2.80. The molecular weight excluding hydrogens is 252 g/mol. The van der Waals surface area contributed by atoms with Crippen LogP contribution in [-0.2, 0) is 13.2 Å². The monoisotopic (exact) mass is 268 g/mol. The second-order valence-corrected chi connectivity index (χ2v) is 4.63. The Bertz CT molecular complexity index is 772. The van der Waals surface area contributed by atoms with Gasteiger partial charge >= 0.3 is 5.69 Å². The summed E-state index contributed by atoms with van der Waals surface area (Å²) in [6.07, 6.45) is 0. The Labute approximate surface area is 116 Å². The maximum Gasteiger partial charge on any atom is 0.326 e. The number of rotatable bonds is 4. The maximum atomic E-state index is 11.7. The number of hydrogen-bond donors (Lipinski definition) is 1. The zero-order valence-electron chi connectivity index (χ0n) is 11.3. The van der Waals surface area contributed by atoms with Crippen LogP contribution in [0.25, 0.3) is 11.0 Å². The summed E-state index contributed by atoms with van der Waals surface area (Å²) in [7, 11) is 0. The van der Waals surface area contributed by atoms with E-state index >= 15 is 0 Å². The first kappa shape index (κ1) is 12.5. The van der Waals surface area contributed by atoms with Gasteiger partial charge in [-0.1, -0.05) is 30.3 Å².